The molecule has 0 aromatic heterocycles. The lowest BCUT2D eigenvalue weighted by atomic mass is 10.1. The van der Waals surface area contributed by atoms with Gasteiger partial charge in [0, 0.05) is 50.1 Å². The van der Waals surface area contributed by atoms with Gasteiger partial charge in [0.1, 0.15) is 12.4 Å². The standard InChI is InChI=1S/C26H32FN5O3/c1-4-13-32(26(35)28-19(2)3)18-24(33)29-20-9-11-21(12-10-20)30-14-16-31(17-15-30)25(34)22-7-5-6-8-23(22)27/h4-12,19H,1,13-18H2,2-3H3,(H,28,35)(H,29,33). The van der Waals surface area contributed by atoms with Gasteiger partial charge < -0.3 is 25.3 Å². The van der Waals surface area contributed by atoms with Crippen molar-refractivity contribution in [2.24, 2.45) is 0 Å². The van der Waals surface area contributed by atoms with Crippen LogP contribution in [0, 0.1) is 5.82 Å². The number of carbonyl (C=O) groups excluding carboxylic acids is 3. The van der Waals surface area contributed by atoms with Crippen molar-refractivity contribution in [3.8, 4) is 0 Å². The minimum atomic E-state index is -0.509. The van der Waals surface area contributed by atoms with E-state index >= 15 is 0 Å². The second kappa shape index (κ2) is 12.0. The van der Waals surface area contributed by atoms with Gasteiger partial charge in [-0.15, -0.1) is 6.58 Å². The summed E-state index contributed by atoms with van der Waals surface area (Å²) in [5, 5.41) is 5.59. The summed E-state index contributed by atoms with van der Waals surface area (Å²) in [6.07, 6.45) is 1.58. The van der Waals surface area contributed by atoms with Crippen LogP contribution in [-0.4, -0.2) is 73.0 Å². The molecule has 0 radical (unpaired) electrons. The van der Waals surface area contributed by atoms with Crippen LogP contribution in [0.15, 0.2) is 61.2 Å². The van der Waals surface area contributed by atoms with Crippen LogP contribution in [0.1, 0.15) is 24.2 Å². The Kier molecular flexibility index (Phi) is 8.83. The van der Waals surface area contributed by atoms with Crippen molar-refractivity contribution in [1.29, 1.82) is 0 Å². The van der Waals surface area contributed by atoms with Gasteiger partial charge in [-0.3, -0.25) is 9.59 Å². The van der Waals surface area contributed by atoms with Crippen molar-refractivity contribution in [2.75, 3.05) is 49.5 Å². The predicted molar refractivity (Wildman–Crippen MR) is 135 cm³/mol. The van der Waals surface area contributed by atoms with E-state index in [9.17, 15) is 18.8 Å². The van der Waals surface area contributed by atoms with Gasteiger partial charge in [0.05, 0.1) is 5.56 Å². The summed E-state index contributed by atoms with van der Waals surface area (Å²) in [5.41, 5.74) is 1.68. The Morgan fingerprint density at radius 3 is 2.31 bits per heavy atom. The third kappa shape index (κ3) is 7.05. The molecule has 8 nitrogen and oxygen atoms in total. The molecule has 1 aliphatic rings. The summed E-state index contributed by atoms with van der Waals surface area (Å²) < 4.78 is 13.9. The smallest absolute Gasteiger partial charge is 0.318 e. The minimum Gasteiger partial charge on any atom is -0.368 e. The van der Waals surface area contributed by atoms with Gasteiger partial charge in [0.15, 0.2) is 0 Å². The quantitative estimate of drug-likeness (QED) is 0.567. The van der Waals surface area contributed by atoms with E-state index < -0.39 is 5.82 Å². The molecule has 3 rings (SSSR count). The molecule has 1 heterocycles. The van der Waals surface area contributed by atoms with Crippen LogP contribution < -0.4 is 15.5 Å². The van der Waals surface area contributed by atoms with Crippen molar-refractivity contribution in [3.63, 3.8) is 0 Å². The predicted octanol–water partition coefficient (Wildman–Crippen LogP) is 3.33. The van der Waals surface area contributed by atoms with Gasteiger partial charge in [-0.2, -0.15) is 0 Å². The highest BCUT2D eigenvalue weighted by atomic mass is 19.1. The zero-order valence-electron chi connectivity index (χ0n) is 20.2. The second-order valence-corrected chi connectivity index (χ2v) is 8.63. The van der Waals surface area contributed by atoms with Gasteiger partial charge in [-0.25, -0.2) is 9.18 Å². The minimum absolute atomic E-state index is 0.0371. The lowest BCUT2D eigenvalue weighted by Gasteiger charge is -2.36. The van der Waals surface area contributed by atoms with Crippen molar-refractivity contribution >= 4 is 29.2 Å². The summed E-state index contributed by atoms with van der Waals surface area (Å²) >= 11 is 0. The van der Waals surface area contributed by atoms with Gasteiger partial charge >= 0.3 is 6.03 Å². The Hall–Kier alpha value is -3.88. The lowest BCUT2D eigenvalue weighted by molar-refractivity contribution is -0.116. The molecule has 1 aliphatic heterocycles. The maximum atomic E-state index is 13.9. The molecule has 0 unspecified atom stereocenters. The average Bonchev–Trinajstić information content (AvgIpc) is 2.84. The van der Waals surface area contributed by atoms with E-state index in [1.165, 1.54) is 17.0 Å². The number of nitrogens with one attached hydrogen (secondary N) is 2. The number of rotatable bonds is 8. The summed E-state index contributed by atoms with van der Waals surface area (Å²) in [6, 6.07) is 13.1. The first-order chi connectivity index (χ1) is 16.8. The van der Waals surface area contributed by atoms with Crippen molar-refractivity contribution < 1.29 is 18.8 Å². The van der Waals surface area contributed by atoms with E-state index in [0.29, 0.717) is 31.9 Å². The number of amides is 4. The summed E-state index contributed by atoms with van der Waals surface area (Å²) in [4.78, 5) is 42.5. The number of benzene rings is 2. The molecular weight excluding hydrogens is 449 g/mol. The molecule has 0 saturated carbocycles. The zero-order valence-corrected chi connectivity index (χ0v) is 20.2. The fourth-order valence-electron chi connectivity index (χ4n) is 3.82. The zero-order chi connectivity index (χ0) is 25.4. The number of hydrogen-bond donors (Lipinski definition) is 2. The lowest BCUT2D eigenvalue weighted by Crippen LogP contribution is -2.49. The average molecular weight is 482 g/mol. The fourth-order valence-corrected chi connectivity index (χ4v) is 3.82. The number of carbonyl (C=O) groups is 3. The molecule has 0 bridgehead atoms. The molecule has 35 heavy (non-hydrogen) atoms. The van der Waals surface area contributed by atoms with Gasteiger partial charge in [-0.05, 0) is 50.2 Å². The first-order valence-corrected chi connectivity index (χ1v) is 11.6. The Bertz CT molecular complexity index is 1050. The maximum Gasteiger partial charge on any atom is 0.318 e. The van der Waals surface area contributed by atoms with Crippen molar-refractivity contribution in [3.05, 3.63) is 72.6 Å². The molecule has 186 valence electrons. The fraction of sp³-hybridized carbons (Fsp3) is 0.346. The first kappa shape index (κ1) is 25.7. The molecule has 9 heteroatoms. The van der Waals surface area contributed by atoms with Crippen molar-refractivity contribution in [2.45, 2.75) is 19.9 Å². The largest absolute Gasteiger partial charge is 0.368 e. The first-order valence-electron chi connectivity index (χ1n) is 11.6. The molecule has 0 spiro atoms. The maximum absolute atomic E-state index is 13.9. The van der Waals surface area contributed by atoms with Gasteiger partial charge in [-0.1, -0.05) is 18.2 Å². The normalized spacial score (nSPS) is 13.4. The van der Waals surface area contributed by atoms with Crippen LogP contribution in [0.5, 0.6) is 0 Å². The monoisotopic (exact) mass is 481 g/mol. The molecule has 2 N–H and O–H groups in total. The molecule has 0 aliphatic carbocycles. The third-order valence-electron chi connectivity index (χ3n) is 5.57. The van der Waals surface area contributed by atoms with Crippen LogP contribution in [-0.2, 0) is 4.79 Å². The van der Waals surface area contributed by atoms with E-state index in [0.717, 1.165) is 5.69 Å². The Labute approximate surface area is 205 Å². The number of piperazine rings is 1. The van der Waals surface area contributed by atoms with Crippen LogP contribution in [0.4, 0.5) is 20.6 Å². The number of nitrogens with zero attached hydrogens (tertiary/aromatic N) is 3. The van der Waals surface area contributed by atoms with Crippen LogP contribution in [0.3, 0.4) is 0 Å². The number of halogens is 1. The van der Waals surface area contributed by atoms with Gasteiger partial charge in [0.25, 0.3) is 5.91 Å². The van der Waals surface area contributed by atoms with E-state index in [2.05, 4.69) is 22.1 Å². The molecule has 1 fully saturated rings. The Balaban J connectivity index is 1.52. The van der Waals surface area contributed by atoms with E-state index in [4.69, 9.17) is 0 Å². The molecule has 0 atom stereocenters. The highest BCUT2D eigenvalue weighted by Gasteiger charge is 2.24. The van der Waals surface area contributed by atoms with E-state index in [1.807, 2.05) is 26.0 Å². The Morgan fingerprint density at radius 2 is 1.71 bits per heavy atom. The highest BCUT2D eigenvalue weighted by Crippen LogP contribution is 2.21. The van der Waals surface area contributed by atoms with E-state index in [1.54, 1.807) is 35.2 Å². The second-order valence-electron chi connectivity index (χ2n) is 8.63. The molecule has 4 amide bonds. The topological polar surface area (TPSA) is 85.0 Å². The van der Waals surface area contributed by atoms with Crippen LogP contribution in [0.25, 0.3) is 0 Å². The van der Waals surface area contributed by atoms with Crippen LogP contribution in [0.2, 0.25) is 0 Å². The number of anilines is 2. The van der Waals surface area contributed by atoms with Gasteiger partial charge in [0.2, 0.25) is 5.91 Å². The summed E-state index contributed by atoms with van der Waals surface area (Å²) in [7, 11) is 0. The number of hydrogen-bond acceptors (Lipinski definition) is 4. The van der Waals surface area contributed by atoms with Crippen molar-refractivity contribution in [1.82, 2.24) is 15.1 Å². The van der Waals surface area contributed by atoms with Crippen LogP contribution >= 0.6 is 0 Å². The molecule has 2 aromatic rings. The molecular formula is C26H32FN5O3. The third-order valence-corrected chi connectivity index (χ3v) is 5.57. The number of urea groups is 1. The Morgan fingerprint density at radius 1 is 1.06 bits per heavy atom. The highest BCUT2D eigenvalue weighted by molar-refractivity contribution is 5.95. The summed E-state index contributed by atoms with van der Waals surface area (Å²) in [5.74, 6) is -1.11. The molecule has 1 saturated heterocycles. The SMILES string of the molecule is C=CCN(CC(=O)Nc1ccc(N2CCN(C(=O)c3ccccc3F)CC2)cc1)C(=O)NC(C)C. The summed E-state index contributed by atoms with van der Waals surface area (Å²) in [6.45, 7) is 9.73. The molecule has 2 aromatic carbocycles. The van der Waals surface area contributed by atoms with E-state index in [-0.39, 0.29) is 42.5 Å².